The van der Waals surface area contributed by atoms with E-state index in [2.05, 4.69) is 15.2 Å². The number of likely N-dealkylation sites (tertiary alicyclic amines) is 1. The Morgan fingerprint density at radius 1 is 1.03 bits per heavy atom. The molecule has 0 radical (unpaired) electrons. The van der Waals surface area contributed by atoms with E-state index in [4.69, 9.17) is 11.6 Å². The number of aliphatic hydroxyl groups is 1. The second-order valence-electron chi connectivity index (χ2n) is 7.57. The van der Waals surface area contributed by atoms with Crippen LogP contribution in [0, 0.1) is 0 Å². The highest BCUT2D eigenvalue weighted by Gasteiger charge is 2.41. The molecule has 2 fully saturated rings. The van der Waals surface area contributed by atoms with E-state index in [-0.39, 0.29) is 18.9 Å². The molecule has 0 spiro atoms. The number of hydrogen-bond donors (Lipinski definition) is 2. The molecule has 3 amide bonds. The van der Waals surface area contributed by atoms with Gasteiger partial charge in [0, 0.05) is 67.7 Å². The van der Waals surface area contributed by atoms with E-state index in [0.29, 0.717) is 23.8 Å². The molecular weight excluding hydrogens is 406 g/mol. The van der Waals surface area contributed by atoms with E-state index < -0.39 is 18.2 Å². The van der Waals surface area contributed by atoms with Crippen LogP contribution in [0.3, 0.4) is 0 Å². The number of β-amino-alcohol motifs (C(OH)–C–C–N with tert-alkyl or cyclic N) is 1. The van der Waals surface area contributed by atoms with Crippen molar-refractivity contribution in [3.63, 3.8) is 0 Å². The topological polar surface area (TPSA) is 90.3 Å². The molecule has 30 heavy (non-hydrogen) atoms. The Labute approximate surface area is 180 Å². The van der Waals surface area contributed by atoms with Crippen LogP contribution >= 0.6 is 11.6 Å². The number of hydrogen-bond acceptors (Lipinski definition) is 4. The fourth-order valence-electron chi connectivity index (χ4n) is 3.99. The number of carbonyl (C=O) groups excluding carboxylic acids is 2. The van der Waals surface area contributed by atoms with E-state index in [1.54, 1.807) is 29.2 Å². The van der Waals surface area contributed by atoms with Crippen molar-refractivity contribution in [2.45, 2.75) is 18.6 Å². The molecule has 3 heterocycles. The van der Waals surface area contributed by atoms with Crippen molar-refractivity contribution in [2.75, 3.05) is 42.9 Å². The summed E-state index contributed by atoms with van der Waals surface area (Å²) >= 11 is 5.88. The summed E-state index contributed by atoms with van der Waals surface area (Å²) in [5, 5.41) is 13.5. The average Bonchev–Trinajstić information content (AvgIpc) is 3.17. The van der Waals surface area contributed by atoms with E-state index in [9.17, 15) is 14.7 Å². The van der Waals surface area contributed by atoms with E-state index >= 15 is 0 Å². The van der Waals surface area contributed by atoms with Crippen molar-refractivity contribution in [1.82, 2.24) is 9.80 Å². The number of rotatable bonds is 3. The number of aromatic nitrogens is 1. The smallest absolute Gasteiger partial charge is 0.322 e. The van der Waals surface area contributed by atoms with Crippen LogP contribution in [0.15, 0.2) is 48.8 Å². The monoisotopic (exact) mass is 430 g/mol. The van der Waals surface area contributed by atoms with Crippen LogP contribution in [0.4, 0.5) is 16.2 Å². The minimum atomic E-state index is -0.711. The van der Waals surface area contributed by atoms with Crippen LogP contribution in [0.5, 0.6) is 0 Å². The number of H-pyrrole nitrogens is 1. The third kappa shape index (κ3) is 4.49. The number of piperazine rings is 1. The number of halogens is 1. The van der Waals surface area contributed by atoms with Gasteiger partial charge in [-0.2, -0.15) is 0 Å². The Kier molecular flexibility index (Phi) is 6.06. The number of amides is 3. The van der Waals surface area contributed by atoms with Crippen molar-refractivity contribution < 1.29 is 19.7 Å². The van der Waals surface area contributed by atoms with Crippen LogP contribution in [0.25, 0.3) is 0 Å². The van der Waals surface area contributed by atoms with Gasteiger partial charge in [0.05, 0.1) is 6.10 Å². The molecule has 9 heteroatoms. The molecule has 2 saturated heterocycles. The molecule has 0 aliphatic carbocycles. The summed E-state index contributed by atoms with van der Waals surface area (Å²) in [6.07, 6.45) is 3.30. The zero-order valence-electron chi connectivity index (χ0n) is 16.5. The number of urea groups is 1. The standard InChI is InChI=1S/C21H24ClN5O3/c22-15-1-3-16(4-2-15)24-21(30)27-14-18(28)13-19(27)20(29)26-11-9-25(10-12-26)17-5-7-23-8-6-17/h1-8,18-19,28H,9-14H2,(H,24,30)/p+1/t18-,19?/m1/s1. The van der Waals surface area contributed by atoms with Gasteiger partial charge < -0.3 is 25.1 Å². The number of aromatic amines is 1. The Hall–Kier alpha value is -2.84. The zero-order chi connectivity index (χ0) is 21.1. The van der Waals surface area contributed by atoms with Crippen LogP contribution < -0.4 is 15.2 Å². The molecule has 2 atom stereocenters. The quantitative estimate of drug-likeness (QED) is 0.771. The average molecular weight is 431 g/mol. The molecule has 8 nitrogen and oxygen atoms in total. The van der Waals surface area contributed by atoms with Crippen molar-refractivity contribution in [1.29, 1.82) is 0 Å². The second kappa shape index (κ2) is 8.89. The lowest BCUT2D eigenvalue weighted by Gasteiger charge is -2.38. The lowest BCUT2D eigenvalue weighted by Crippen LogP contribution is -2.55. The third-order valence-corrected chi connectivity index (χ3v) is 5.83. The molecular formula is C21H25ClN5O3+. The van der Waals surface area contributed by atoms with Crippen LogP contribution in [-0.4, -0.2) is 71.7 Å². The first-order valence-corrected chi connectivity index (χ1v) is 10.4. The normalized spacial score (nSPS) is 21.6. The molecule has 2 aromatic rings. The highest BCUT2D eigenvalue weighted by molar-refractivity contribution is 6.30. The maximum absolute atomic E-state index is 13.2. The summed E-state index contributed by atoms with van der Waals surface area (Å²) in [6.45, 7) is 2.74. The third-order valence-electron chi connectivity index (χ3n) is 5.58. The SMILES string of the molecule is O=C(C1C[C@@H](O)CN1C(=O)Nc1ccc(Cl)cc1)N1CCN(c2cc[nH+]cc2)CC1. The summed E-state index contributed by atoms with van der Waals surface area (Å²) < 4.78 is 0. The van der Waals surface area contributed by atoms with Crippen LogP contribution in [0.1, 0.15) is 6.42 Å². The fraction of sp³-hybridized carbons (Fsp3) is 0.381. The van der Waals surface area contributed by atoms with Gasteiger partial charge in [-0.3, -0.25) is 4.79 Å². The number of benzene rings is 1. The van der Waals surface area contributed by atoms with E-state index in [0.717, 1.165) is 18.8 Å². The van der Waals surface area contributed by atoms with Gasteiger partial charge in [-0.25, -0.2) is 9.78 Å². The number of anilines is 2. The molecule has 3 N–H and O–H groups in total. The first kappa shape index (κ1) is 20.4. The van der Waals surface area contributed by atoms with E-state index in [1.165, 1.54) is 4.90 Å². The molecule has 4 rings (SSSR count). The molecule has 1 aromatic carbocycles. The van der Waals surface area contributed by atoms with Gasteiger partial charge in [0.25, 0.3) is 0 Å². The number of pyridine rings is 1. The van der Waals surface area contributed by atoms with Crippen LogP contribution in [-0.2, 0) is 4.79 Å². The largest absolute Gasteiger partial charge is 0.391 e. The predicted molar refractivity (Wildman–Crippen MR) is 113 cm³/mol. The van der Waals surface area contributed by atoms with Gasteiger partial charge in [0.1, 0.15) is 6.04 Å². The summed E-state index contributed by atoms with van der Waals surface area (Å²) in [7, 11) is 0. The fourth-order valence-corrected chi connectivity index (χ4v) is 4.11. The number of nitrogens with zero attached hydrogens (tertiary/aromatic N) is 3. The maximum atomic E-state index is 13.2. The summed E-state index contributed by atoms with van der Waals surface area (Å²) in [4.78, 5) is 34.4. The van der Waals surface area contributed by atoms with Gasteiger partial charge in [0.15, 0.2) is 12.4 Å². The first-order chi connectivity index (χ1) is 14.5. The van der Waals surface area contributed by atoms with Gasteiger partial charge in [-0.1, -0.05) is 11.6 Å². The van der Waals surface area contributed by atoms with Gasteiger partial charge in [0.2, 0.25) is 5.91 Å². The number of carbonyl (C=O) groups is 2. The highest BCUT2D eigenvalue weighted by atomic mass is 35.5. The van der Waals surface area contributed by atoms with Crippen LogP contribution in [0.2, 0.25) is 5.02 Å². The molecule has 0 saturated carbocycles. The Bertz CT molecular complexity index is 887. The van der Waals surface area contributed by atoms with Gasteiger partial charge in [-0.05, 0) is 24.3 Å². The number of nitrogens with one attached hydrogen (secondary N) is 2. The van der Waals surface area contributed by atoms with Crippen molar-refractivity contribution in [3.8, 4) is 0 Å². The zero-order valence-corrected chi connectivity index (χ0v) is 17.3. The predicted octanol–water partition coefficient (Wildman–Crippen LogP) is 1.47. The Morgan fingerprint density at radius 2 is 1.70 bits per heavy atom. The van der Waals surface area contributed by atoms with Gasteiger partial charge in [-0.15, -0.1) is 0 Å². The van der Waals surface area contributed by atoms with E-state index in [1.807, 2.05) is 24.5 Å². The van der Waals surface area contributed by atoms with Crippen molar-refractivity contribution in [2.24, 2.45) is 0 Å². The Balaban J connectivity index is 1.38. The molecule has 1 aromatic heterocycles. The minimum absolute atomic E-state index is 0.112. The van der Waals surface area contributed by atoms with Crippen molar-refractivity contribution >= 4 is 34.9 Å². The first-order valence-electron chi connectivity index (χ1n) is 10.0. The summed E-state index contributed by atoms with van der Waals surface area (Å²) in [6, 6.07) is 9.72. The molecule has 158 valence electrons. The maximum Gasteiger partial charge on any atom is 0.322 e. The lowest BCUT2D eigenvalue weighted by atomic mass is 10.1. The lowest BCUT2D eigenvalue weighted by molar-refractivity contribution is -0.377. The molecule has 2 aliphatic rings. The molecule has 1 unspecified atom stereocenters. The molecule has 2 aliphatic heterocycles. The minimum Gasteiger partial charge on any atom is -0.391 e. The van der Waals surface area contributed by atoms with Crippen molar-refractivity contribution in [3.05, 3.63) is 53.8 Å². The summed E-state index contributed by atoms with van der Waals surface area (Å²) in [5.74, 6) is -0.112. The van der Waals surface area contributed by atoms with Gasteiger partial charge >= 0.3 is 6.03 Å². The second-order valence-corrected chi connectivity index (χ2v) is 8.00. The highest BCUT2D eigenvalue weighted by Crippen LogP contribution is 2.23. The molecule has 0 bridgehead atoms. The Morgan fingerprint density at radius 3 is 2.37 bits per heavy atom. The number of aliphatic hydroxyl groups excluding tert-OH is 1. The summed E-state index contributed by atoms with van der Waals surface area (Å²) in [5.41, 5.74) is 1.70.